The Morgan fingerprint density at radius 1 is 1.36 bits per heavy atom. The van der Waals surface area contributed by atoms with Gasteiger partial charge in [0, 0.05) is 13.0 Å². The van der Waals surface area contributed by atoms with Crippen LogP contribution in [0, 0.1) is 11.3 Å². The minimum Gasteiger partial charge on any atom is -0.376 e. The predicted octanol–water partition coefficient (Wildman–Crippen LogP) is 0.685. The summed E-state index contributed by atoms with van der Waals surface area (Å²) in [5.74, 6) is 0. The molecule has 14 heavy (non-hydrogen) atoms. The fourth-order valence-electron chi connectivity index (χ4n) is 1.37. The Kier molecular flexibility index (Phi) is 6.33. The molecule has 0 aromatic carbocycles. The molecule has 4 nitrogen and oxygen atoms in total. The zero-order valence-corrected chi connectivity index (χ0v) is 8.50. The number of nitriles is 1. The Labute approximate surface area is 85.2 Å². The van der Waals surface area contributed by atoms with Gasteiger partial charge in [-0.2, -0.15) is 5.26 Å². The highest BCUT2D eigenvalue weighted by molar-refractivity contribution is 4.69. The van der Waals surface area contributed by atoms with Crippen LogP contribution in [0.1, 0.15) is 19.3 Å². The molecule has 1 saturated heterocycles. The second kappa shape index (κ2) is 7.74. The Hall–Kier alpha value is -0.630. The fourth-order valence-corrected chi connectivity index (χ4v) is 1.37. The van der Waals surface area contributed by atoms with Gasteiger partial charge in [-0.25, -0.2) is 0 Å². The van der Waals surface area contributed by atoms with Gasteiger partial charge in [-0.15, -0.1) is 0 Å². The summed E-state index contributed by atoms with van der Waals surface area (Å²) in [6, 6.07) is 2.14. The molecule has 0 radical (unpaired) electrons. The van der Waals surface area contributed by atoms with Crippen molar-refractivity contribution in [1.82, 2.24) is 5.32 Å². The molecular formula is C10H18N2O2. The van der Waals surface area contributed by atoms with E-state index in [0.29, 0.717) is 19.6 Å². The van der Waals surface area contributed by atoms with Crippen molar-refractivity contribution in [2.75, 3.05) is 32.9 Å². The summed E-state index contributed by atoms with van der Waals surface area (Å²) in [6.07, 6.45) is 2.90. The van der Waals surface area contributed by atoms with E-state index in [0.717, 1.165) is 32.5 Å². The van der Waals surface area contributed by atoms with Crippen LogP contribution in [-0.2, 0) is 9.47 Å². The van der Waals surface area contributed by atoms with Crippen LogP contribution in [0.15, 0.2) is 0 Å². The zero-order valence-electron chi connectivity index (χ0n) is 8.50. The van der Waals surface area contributed by atoms with E-state index < -0.39 is 0 Å². The smallest absolute Gasteiger partial charge is 0.0933 e. The standard InChI is InChI=1S/C10H18N2O2/c11-4-2-1-3-5-12-8-10-9-13-6-7-14-10/h10,12H,1-3,5-9H2. The van der Waals surface area contributed by atoms with Crippen molar-refractivity contribution in [2.24, 2.45) is 0 Å². The zero-order chi connectivity index (χ0) is 10.1. The average molecular weight is 198 g/mol. The average Bonchev–Trinajstić information content (AvgIpc) is 2.25. The third kappa shape index (κ3) is 5.18. The summed E-state index contributed by atoms with van der Waals surface area (Å²) in [7, 11) is 0. The molecule has 0 aromatic heterocycles. The lowest BCUT2D eigenvalue weighted by Gasteiger charge is -2.23. The first-order valence-corrected chi connectivity index (χ1v) is 5.20. The molecule has 1 N–H and O–H groups in total. The minimum absolute atomic E-state index is 0.208. The van der Waals surface area contributed by atoms with Gasteiger partial charge < -0.3 is 14.8 Å². The van der Waals surface area contributed by atoms with Gasteiger partial charge in [0.1, 0.15) is 0 Å². The van der Waals surface area contributed by atoms with Gasteiger partial charge in [0.05, 0.1) is 32.0 Å². The van der Waals surface area contributed by atoms with Gasteiger partial charge in [0.25, 0.3) is 0 Å². The lowest BCUT2D eigenvalue weighted by atomic mass is 10.2. The molecule has 1 rings (SSSR count). The van der Waals surface area contributed by atoms with E-state index in [1.165, 1.54) is 0 Å². The summed E-state index contributed by atoms with van der Waals surface area (Å²) in [5, 5.41) is 11.6. The molecule has 1 unspecified atom stereocenters. The molecule has 80 valence electrons. The lowest BCUT2D eigenvalue weighted by molar-refractivity contribution is -0.0863. The Morgan fingerprint density at radius 3 is 3.00 bits per heavy atom. The summed E-state index contributed by atoms with van der Waals surface area (Å²) < 4.78 is 10.7. The number of hydrogen-bond donors (Lipinski definition) is 1. The number of rotatable bonds is 6. The van der Waals surface area contributed by atoms with E-state index in [-0.39, 0.29) is 6.10 Å². The SMILES string of the molecule is N#CCCCCNCC1COCCO1. The Morgan fingerprint density at radius 2 is 2.29 bits per heavy atom. The van der Waals surface area contributed by atoms with Crippen molar-refractivity contribution in [2.45, 2.75) is 25.4 Å². The van der Waals surface area contributed by atoms with E-state index in [2.05, 4.69) is 11.4 Å². The lowest BCUT2D eigenvalue weighted by Crippen LogP contribution is -2.37. The molecule has 0 aliphatic carbocycles. The van der Waals surface area contributed by atoms with Crippen LogP contribution in [0.5, 0.6) is 0 Å². The summed E-state index contributed by atoms with van der Waals surface area (Å²) in [5.41, 5.74) is 0. The third-order valence-corrected chi connectivity index (χ3v) is 2.15. The third-order valence-electron chi connectivity index (χ3n) is 2.15. The van der Waals surface area contributed by atoms with Crippen LogP contribution in [-0.4, -0.2) is 39.0 Å². The van der Waals surface area contributed by atoms with Crippen LogP contribution in [0.4, 0.5) is 0 Å². The maximum Gasteiger partial charge on any atom is 0.0933 e. The number of hydrogen-bond acceptors (Lipinski definition) is 4. The van der Waals surface area contributed by atoms with Crippen LogP contribution in [0.2, 0.25) is 0 Å². The van der Waals surface area contributed by atoms with Crippen molar-refractivity contribution in [3.8, 4) is 6.07 Å². The molecular weight excluding hydrogens is 180 g/mol. The van der Waals surface area contributed by atoms with Crippen molar-refractivity contribution in [3.05, 3.63) is 0 Å². The van der Waals surface area contributed by atoms with E-state index in [4.69, 9.17) is 14.7 Å². The summed E-state index contributed by atoms with van der Waals surface area (Å²) >= 11 is 0. The van der Waals surface area contributed by atoms with E-state index >= 15 is 0 Å². The van der Waals surface area contributed by atoms with E-state index in [9.17, 15) is 0 Å². The van der Waals surface area contributed by atoms with Crippen molar-refractivity contribution in [3.63, 3.8) is 0 Å². The molecule has 1 atom stereocenters. The second-order valence-electron chi connectivity index (χ2n) is 3.39. The van der Waals surface area contributed by atoms with Crippen molar-refractivity contribution in [1.29, 1.82) is 5.26 Å². The summed E-state index contributed by atoms with van der Waals surface area (Å²) in [6.45, 7) is 3.94. The quantitative estimate of drug-likeness (QED) is 0.638. The first-order chi connectivity index (χ1) is 6.93. The van der Waals surface area contributed by atoms with E-state index in [1.54, 1.807) is 0 Å². The van der Waals surface area contributed by atoms with Gasteiger partial charge in [0.2, 0.25) is 0 Å². The Balaban J connectivity index is 1.85. The molecule has 0 bridgehead atoms. The molecule has 0 saturated carbocycles. The highest BCUT2D eigenvalue weighted by Crippen LogP contribution is 1.99. The molecule has 0 aromatic rings. The van der Waals surface area contributed by atoms with Gasteiger partial charge in [-0.05, 0) is 19.4 Å². The Bertz CT molecular complexity index is 173. The number of nitrogens with zero attached hydrogens (tertiary/aromatic N) is 1. The van der Waals surface area contributed by atoms with Crippen LogP contribution < -0.4 is 5.32 Å². The normalized spacial score (nSPS) is 21.8. The fraction of sp³-hybridized carbons (Fsp3) is 0.900. The molecule has 1 aliphatic rings. The molecule has 0 amide bonds. The first kappa shape index (κ1) is 11.4. The van der Waals surface area contributed by atoms with E-state index in [1.807, 2.05) is 0 Å². The first-order valence-electron chi connectivity index (χ1n) is 5.20. The van der Waals surface area contributed by atoms with Gasteiger partial charge in [-0.3, -0.25) is 0 Å². The maximum atomic E-state index is 8.32. The molecule has 0 spiro atoms. The molecule has 1 fully saturated rings. The van der Waals surface area contributed by atoms with Gasteiger partial charge >= 0.3 is 0 Å². The minimum atomic E-state index is 0.208. The van der Waals surface area contributed by atoms with Crippen molar-refractivity contribution >= 4 is 0 Å². The maximum absolute atomic E-state index is 8.32. The van der Waals surface area contributed by atoms with Crippen LogP contribution in [0.3, 0.4) is 0 Å². The number of unbranched alkanes of at least 4 members (excludes halogenated alkanes) is 2. The van der Waals surface area contributed by atoms with Gasteiger partial charge in [0.15, 0.2) is 0 Å². The predicted molar refractivity (Wildman–Crippen MR) is 52.9 cm³/mol. The molecule has 1 heterocycles. The number of ether oxygens (including phenoxy) is 2. The topological polar surface area (TPSA) is 54.3 Å². The summed E-state index contributed by atoms with van der Waals surface area (Å²) in [4.78, 5) is 0. The molecule has 4 heteroatoms. The highest BCUT2D eigenvalue weighted by Gasteiger charge is 2.12. The number of nitrogens with one attached hydrogen (secondary N) is 1. The van der Waals surface area contributed by atoms with Crippen LogP contribution in [0.25, 0.3) is 0 Å². The molecule has 1 aliphatic heterocycles. The van der Waals surface area contributed by atoms with Gasteiger partial charge in [-0.1, -0.05) is 0 Å². The van der Waals surface area contributed by atoms with Crippen molar-refractivity contribution < 1.29 is 9.47 Å². The van der Waals surface area contributed by atoms with Crippen LogP contribution >= 0.6 is 0 Å². The largest absolute Gasteiger partial charge is 0.376 e. The second-order valence-corrected chi connectivity index (χ2v) is 3.39. The monoisotopic (exact) mass is 198 g/mol. The highest BCUT2D eigenvalue weighted by atomic mass is 16.6.